The van der Waals surface area contributed by atoms with Crippen LogP contribution >= 0.6 is 0 Å². The largest absolute Gasteiger partial charge is 0.351 e. The molecule has 1 aliphatic heterocycles. The highest BCUT2D eigenvalue weighted by atomic mass is 15.2. The van der Waals surface area contributed by atoms with Crippen LogP contribution in [0, 0.1) is 0 Å². The van der Waals surface area contributed by atoms with Crippen LogP contribution in [0.4, 0.5) is 0 Å². The molecule has 0 amide bonds. The van der Waals surface area contributed by atoms with E-state index >= 15 is 0 Å². The average Bonchev–Trinajstić information content (AvgIpc) is 2.85. The van der Waals surface area contributed by atoms with Crippen molar-refractivity contribution in [1.29, 1.82) is 0 Å². The van der Waals surface area contributed by atoms with E-state index in [1.54, 1.807) is 6.34 Å². The van der Waals surface area contributed by atoms with Crippen molar-refractivity contribution < 1.29 is 0 Å². The molecule has 3 nitrogen and oxygen atoms in total. The Bertz CT molecular complexity index is 1180. The lowest BCUT2D eigenvalue weighted by atomic mass is 10.0. The summed E-state index contributed by atoms with van der Waals surface area (Å²) in [7, 11) is 0. The van der Waals surface area contributed by atoms with E-state index in [9.17, 15) is 0 Å². The summed E-state index contributed by atoms with van der Waals surface area (Å²) >= 11 is 0. The normalized spacial score (nSPS) is 15.3. The molecule has 5 rings (SSSR count). The lowest BCUT2D eigenvalue weighted by molar-refractivity contribution is 0.684. The zero-order valence-corrected chi connectivity index (χ0v) is 16.4. The van der Waals surface area contributed by atoms with Crippen molar-refractivity contribution in [2.45, 2.75) is 6.17 Å². The Morgan fingerprint density at radius 1 is 0.500 bits per heavy atom. The monoisotopic (exact) mass is 387 g/mol. The molecule has 0 radical (unpaired) electrons. The molecule has 4 aromatic carbocycles. The second kappa shape index (κ2) is 8.18. The smallest absolute Gasteiger partial charge is 0.158 e. The van der Waals surface area contributed by atoms with Crippen molar-refractivity contribution >= 4 is 12.2 Å². The number of hydrogen-bond donors (Lipinski definition) is 1. The molecule has 1 unspecified atom stereocenters. The number of rotatable bonds is 4. The van der Waals surface area contributed by atoms with Gasteiger partial charge in [-0.3, -0.25) is 0 Å². The van der Waals surface area contributed by atoms with Crippen molar-refractivity contribution in [3.8, 4) is 22.3 Å². The molecule has 1 aliphatic rings. The summed E-state index contributed by atoms with van der Waals surface area (Å²) in [5, 5.41) is 3.25. The van der Waals surface area contributed by atoms with Crippen LogP contribution in [-0.4, -0.2) is 12.2 Å². The molecular formula is C27H21N3. The fraction of sp³-hybridized carbons (Fsp3) is 0.0370. The molecule has 0 saturated heterocycles. The van der Waals surface area contributed by atoms with Crippen LogP contribution in [0.2, 0.25) is 0 Å². The highest BCUT2D eigenvalue weighted by Gasteiger charge is 2.15. The van der Waals surface area contributed by atoms with Crippen LogP contribution in [0.15, 0.2) is 119 Å². The minimum absolute atomic E-state index is 0.142. The van der Waals surface area contributed by atoms with Gasteiger partial charge in [-0.15, -0.1) is 0 Å². The fourth-order valence-corrected chi connectivity index (χ4v) is 3.61. The van der Waals surface area contributed by atoms with Gasteiger partial charge in [-0.05, 0) is 27.8 Å². The van der Waals surface area contributed by atoms with Gasteiger partial charge in [0, 0.05) is 5.56 Å². The zero-order valence-electron chi connectivity index (χ0n) is 16.4. The van der Waals surface area contributed by atoms with E-state index in [-0.39, 0.29) is 6.17 Å². The van der Waals surface area contributed by atoms with Crippen molar-refractivity contribution in [2.24, 2.45) is 9.98 Å². The summed E-state index contributed by atoms with van der Waals surface area (Å²) in [5.41, 5.74) is 6.93. The Hall–Kier alpha value is -3.98. The summed E-state index contributed by atoms with van der Waals surface area (Å²) in [4.78, 5) is 9.29. The molecule has 0 bridgehead atoms. The molecule has 1 atom stereocenters. The maximum Gasteiger partial charge on any atom is 0.158 e. The Morgan fingerprint density at radius 2 is 0.967 bits per heavy atom. The molecule has 1 heterocycles. The van der Waals surface area contributed by atoms with E-state index in [4.69, 9.17) is 4.99 Å². The van der Waals surface area contributed by atoms with Gasteiger partial charge in [-0.25, -0.2) is 9.98 Å². The first-order valence-corrected chi connectivity index (χ1v) is 10.0. The molecule has 1 N–H and O–H groups in total. The van der Waals surface area contributed by atoms with Gasteiger partial charge in [0.1, 0.15) is 6.17 Å². The van der Waals surface area contributed by atoms with Crippen LogP contribution in [0.5, 0.6) is 0 Å². The molecule has 0 fully saturated rings. The van der Waals surface area contributed by atoms with Crippen LogP contribution < -0.4 is 5.32 Å². The molecule has 0 aromatic heterocycles. The lowest BCUT2D eigenvalue weighted by Crippen LogP contribution is -2.24. The van der Waals surface area contributed by atoms with E-state index in [1.807, 2.05) is 12.1 Å². The van der Waals surface area contributed by atoms with Crippen LogP contribution in [-0.2, 0) is 0 Å². The van der Waals surface area contributed by atoms with E-state index in [2.05, 4.69) is 107 Å². The highest BCUT2D eigenvalue weighted by molar-refractivity contribution is 6.04. The van der Waals surface area contributed by atoms with E-state index in [1.165, 1.54) is 22.3 Å². The third-order valence-electron chi connectivity index (χ3n) is 5.25. The zero-order chi connectivity index (χ0) is 20.2. The first-order valence-electron chi connectivity index (χ1n) is 10.0. The summed E-state index contributed by atoms with van der Waals surface area (Å²) in [5.74, 6) is 0.741. The van der Waals surface area contributed by atoms with Crippen molar-refractivity contribution in [2.75, 3.05) is 0 Å². The van der Waals surface area contributed by atoms with Crippen molar-refractivity contribution in [1.82, 2.24) is 5.32 Å². The van der Waals surface area contributed by atoms with Crippen LogP contribution in [0.3, 0.4) is 0 Å². The molecule has 144 valence electrons. The standard InChI is InChI=1S/C27H21N3/c1-3-7-20(8-4-1)22-11-15-24(16-12-22)26-28-19-29-27(30-26)25-17-13-23(14-18-25)21-9-5-2-6-10-21/h1-19,26H,(H,28,29,30). The third kappa shape index (κ3) is 3.78. The number of benzene rings is 4. The van der Waals surface area contributed by atoms with Gasteiger partial charge in [-0.2, -0.15) is 0 Å². The van der Waals surface area contributed by atoms with E-state index in [0.717, 1.165) is 17.0 Å². The van der Waals surface area contributed by atoms with Crippen LogP contribution in [0.25, 0.3) is 22.3 Å². The molecule has 30 heavy (non-hydrogen) atoms. The SMILES string of the molecule is C1=NC(c2ccc(-c3ccccc3)cc2)=NC(c2ccc(-c3ccccc3)cc2)N1. The van der Waals surface area contributed by atoms with E-state index in [0.29, 0.717) is 0 Å². The summed E-state index contributed by atoms with van der Waals surface area (Å²) in [6.07, 6.45) is 1.60. The number of hydrogen-bond acceptors (Lipinski definition) is 3. The number of nitrogens with zero attached hydrogens (tertiary/aromatic N) is 2. The third-order valence-corrected chi connectivity index (χ3v) is 5.25. The first kappa shape index (κ1) is 18.1. The van der Waals surface area contributed by atoms with Crippen molar-refractivity contribution in [3.63, 3.8) is 0 Å². The van der Waals surface area contributed by atoms with Gasteiger partial charge in [-0.1, -0.05) is 109 Å². The highest BCUT2D eigenvalue weighted by Crippen LogP contribution is 2.25. The Balaban J connectivity index is 1.37. The molecular weight excluding hydrogens is 366 g/mol. The number of amidine groups is 1. The van der Waals surface area contributed by atoms with Gasteiger partial charge in [0.2, 0.25) is 0 Å². The molecule has 4 aromatic rings. The van der Waals surface area contributed by atoms with Crippen molar-refractivity contribution in [3.05, 3.63) is 120 Å². The van der Waals surface area contributed by atoms with Gasteiger partial charge >= 0.3 is 0 Å². The molecule has 0 aliphatic carbocycles. The van der Waals surface area contributed by atoms with Gasteiger partial charge in [0.05, 0.1) is 6.34 Å². The van der Waals surface area contributed by atoms with Gasteiger partial charge in [0.15, 0.2) is 5.84 Å². The minimum Gasteiger partial charge on any atom is -0.351 e. The quantitative estimate of drug-likeness (QED) is 0.451. The lowest BCUT2D eigenvalue weighted by Gasteiger charge is -2.18. The summed E-state index contributed by atoms with van der Waals surface area (Å²) < 4.78 is 0. The Kier molecular flexibility index (Phi) is 4.93. The molecule has 3 heteroatoms. The van der Waals surface area contributed by atoms with Gasteiger partial charge < -0.3 is 5.32 Å². The first-order chi connectivity index (χ1) is 14.9. The molecule has 0 spiro atoms. The minimum atomic E-state index is -0.142. The summed E-state index contributed by atoms with van der Waals surface area (Å²) in [6, 6.07) is 37.7. The second-order valence-electron chi connectivity index (χ2n) is 7.21. The van der Waals surface area contributed by atoms with Crippen LogP contribution in [0.1, 0.15) is 17.3 Å². The second-order valence-corrected chi connectivity index (χ2v) is 7.21. The predicted molar refractivity (Wildman–Crippen MR) is 125 cm³/mol. The predicted octanol–water partition coefficient (Wildman–Crippen LogP) is 6.10. The number of nitrogens with one attached hydrogen (secondary N) is 1. The maximum atomic E-state index is 4.83. The molecule has 0 saturated carbocycles. The Morgan fingerprint density at radius 3 is 1.53 bits per heavy atom. The van der Waals surface area contributed by atoms with Gasteiger partial charge in [0.25, 0.3) is 0 Å². The summed E-state index contributed by atoms with van der Waals surface area (Å²) in [6.45, 7) is 0. The number of aliphatic imine (C=N–C) groups is 2. The average molecular weight is 387 g/mol. The maximum absolute atomic E-state index is 4.83. The van der Waals surface area contributed by atoms with E-state index < -0.39 is 0 Å². The fourth-order valence-electron chi connectivity index (χ4n) is 3.61. The topological polar surface area (TPSA) is 36.8 Å². The Labute approximate surface area is 176 Å².